The summed E-state index contributed by atoms with van der Waals surface area (Å²) >= 11 is 0. The summed E-state index contributed by atoms with van der Waals surface area (Å²) in [5, 5.41) is 3.26. The van der Waals surface area contributed by atoms with Crippen LogP contribution < -0.4 is 15.7 Å². The van der Waals surface area contributed by atoms with Crippen LogP contribution in [-0.2, 0) is 0 Å². The number of nitrogens with one attached hydrogen (secondary N) is 1. The molecule has 0 spiro atoms. The molecule has 2 aromatic rings. The molecule has 100 valence electrons. The number of carbonyl (C=O) groups is 1. The van der Waals surface area contributed by atoms with Crippen LogP contribution in [0.15, 0.2) is 33.5 Å². The minimum absolute atomic E-state index is 0.0125. The molecule has 1 heterocycles. The molecule has 5 nitrogen and oxygen atoms in total. The van der Waals surface area contributed by atoms with Crippen molar-refractivity contribution < 1.29 is 13.9 Å². The molecule has 0 saturated carbocycles. The van der Waals surface area contributed by atoms with Gasteiger partial charge in [0.15, 0.2) is 0 Å². The molecule has 0 radical (unpaired) electrons. The van der Waals surface area contributed by atoms with Crippen molar-refractivity contribution in [2.75, 3.05) is 13.2 Å². The van der Waals surface area contributed by atoms with Crippen molar-refractivity contribution in [2.45, 2.75) is 13.8 Å². The molecule has 0 unspecified atom stereocenters. The third-order valence-electron chi connectivity index (χ3n) is 2.60. The van der Waals surface area contributed by atoms with Gasteiger partial charge in [-0.25, -0.2) is 4.79 Å². The first kappa shape index (κ1) is 13.1. The van der Waals surface area contributed by atoms with E-state index in [2.05, 4.69) is 5.32 Å². The van der Waals surface area contributed by atoms with E-state index in [1.807, 2.05) is 6.92 Å². The normalized spacial score (nSPS) is 10.4. The van der Waals surface area contributed by atoms with Crippen LogP contribution in [-0.4, -0.2) is 19.1 Å². The summed E-state index contributed by atoms with van der Waals surface area (Å²) in [5.41, 5.74) is -0.227. The van der Waals surface area contributed by atoms with Gasteiger partial charge in [-0.3, -0.25) is 4.79 Å². The molecule has 1 aromatic carbocycles. The highest BCUT2D eigenvalue weighted by molar-refractivity contribution is 5.96. The van der Waals surface area contributed by atoms with Crippen LogP contribution in [0.4, 0.5) is 0 Å². The van der Waals surface area contributed by atoms with Crippen LogP contribution in [0.2, 0.25) is 0 Å². The average Bonchev–Trinajstić information content (AvgIpc) is 2.38. The highest BCUT2D eigenvalue weighted by atomic mass is 16.5. The first-order valence-electron chi connectivity index (χ1n) is 6.14. The fourth-order valence-corrected chi connectivity index (χ4v) is 1.76. The molecule has 1 aromatic heterocycles. The van der Waals surface area contributed by atoms with E-state index in [-0.39, 0.29) is 5.56 Å². The summed E-state index contributed by atoms with van der Waals surface area (Å²) < 4.78 is 10.5. The van der Waals surface area contributed by atoms with E-state index in [0.29, 0.717) is 29.9 Å². The molecule has 19 heavy (non-hydrogen) atoms. The lowest BCUT2D eigenvalue weighted by molar-refractivity contribution is 0.0952. The Labute approximate surface area is 110 Å². The van der Waals surface area contributed by atoms with Crippen LogP contribution in [0.5, 0.6) is 5.75 Å². The molecule has 0 atom stereocenters. The third-order valence-corrected chi connectivity index (χ3v) is 2.60. The maximum absolute atomic E-state index is 11.8. The Hall–Kier alpha value is -2.30. The van der Waals surface area contributed by atoms with Gasteiger partial charge in [-0.15, -0.1) is 0 Å². The van der Waals surface area contributed by atoms with E-state index in [0.717, 1.165) is 0 Å². The maximum atomic E-state index is 11.8. The van der Waals surface area contributed by atoms with Crippen LogP contribution >= 0.6 is 0 Å². The summed E-state index contributed by atoms with van der Waals surface area (Å²) in [6.45, 7) is 4.65. The second kappa shape index (κ2) is 5.56. The van der Waals surface area contributed by atoms with Gasteiger partial charge >= 0.3 is 5.63 Å². The van der Waals surface area contributed by atoms with Gasteiger partial charge in [-0.05, 0) is 32.0 Å². The van der Waals surface area contributed by atoms with Gasteiger partial charge < -0.3 is 14.5 Å². The smallest absolute Gasteiger partial charge is 0.349 e. The van der Waals surface area contributed by atoms with Crippen molar-refractivity contribution in [1.82, 2.24) is 5.32 Å². The van der Waals surface area contributed by atoms with Gasteiger partial charge in [0, 0.05) is 18.0 Å². The van der Waals surface area contributed by atoms with E-state index in [1.54, 1.807) is 25.1 Å². The number of ether oxygens (including phenoxy) is 1. The number of fused-ring (bicyclic) bond motifs is 1. The number of carbonyl (C=O) groups excluding carboxylic acids is 1. The summed E-state index contributed by atoms with van der Waals surface area (Å²) in [4.78, 5) is 23.4. The van der Waals surface area contributed by atoms with Crippen molar-refractivity contribution in [2.24, 2.45) is 0 Å². The zero-order chi connectivity index (χ0) is 13.8. The van der Waals surface area contributed by atoms with Crippen molar-refractivity contribution in [3.63, 3.8) is 0 Å². The summed E-state index contributed by atoms with van der Waals surface area (Å²) in [5.74, 6) is 0.205. The van der Waals surface area contributed by atoms with Crippen molar-refractivity contribution in [3.8, 4) is 5.75 Å². The Balaban J connectivity index is 2.49. The second-order valence-corrected chi connectivity index (χ2v) is 3.94. The van der Waals surface area contributed by atoms with Crippen molar-refractivity contribution in [3.05, 3.63) is 40.2 Å². The Kier molecular flexibility index (Phi) is 3.85. The highest BCUT2D eigenvalue weighted by Gasteiger charge is 2.13. The van der Waals surface area contributed by atoms with Gasteiger partial charge in [0.25, 0.3) is 5.91 Å². The Bertz CT molecular complexity index is 660. The lowest BCUT2D eigenvalue weighted by Crippen LogP contribution is -2.27. The minimum atomic E-state index is -0.646. The summed E-state index contributed by atoms with van der Waals surface area (Å²) in [6, 6.07) is 6.70. The minimum Gasteiger partial charge on any atom is -0.494 e. The molecule has 0 saturated heterocycles. The van der Waals surface area contributed by atoms with Crippen LogP contribution in [0.1, 0.15) is 24.2 Å². The zero-order valence-electron chi connectivity index (χ0n) is 10.9. The number of hydrogen-bond acceptors (Lipinski definition) is 4. The SMILES string of the molecule is CCNC(=O)c1cc2ccc(OCC)cc2oc1=O. The zero-order valence-corrected chi connectivity index (χ0v) is 10.9. The molecule has 5 heteroatoms. The third kappa shape index (κ3) is 2.76. The number of rotatable bonds is 4. The first-order valence-corrected chi connectivity index (χ1v) is 6.14. The van der Waals surface area contributed by atoms with E-state index in [4.69, 9.17) is 9.15 Å². The lowest BCUT2D eigenvalue weighted by atomic mass is 10.1. The topological polar surface area (TPSA) is 68.5 Å². The number of hydrogen-bond donors (Lipinski definition) is 1. The number of benzene rings is 1. The number of amides is 1. The quantitative estimate of drug-likeness (QED) is 0.854. The summed E-state index contributed by atoms with van der Waals surface area (Å²) in [7, 11) is 0. The van der Waals surface area contributed by atoms with Gasteiger partial charge in [0.05, 0.1) is 6.61 Å². The van der Waals surface area contributed by atoms with Gasteiger partial charge in [-0.1, -0.05) is 0 Å². The molecular formula is C14H15NO4. The second-order valence-electron chi connectivity index (χ2n) is 3.94. The van der Waals surface area contributed by atoms with E-state index < -0.39 is 11.5 Å². The maximum Gasteiger partial charge on any atom is 0.349 e. The Morgan fingerprint density at radius 2 is 2.11 bits per heavy atom. The average molecular weight is 261 g/mol. The van der Waals surface area contributed by atoms with Crippen molar-refractivity contribution in [1.29, 1.82) is 0 Å². The van der Waals surface area contributed by atoms with Crippen LogP contribution in [0, 0.1) is 0 Å². The molecular weight excluding hydrogens is 246 g/mol. The molecule has 2 rings (SSSR count). The van der Waals surface area contributed by atoms with Crippen LogP contribution in [0.25, 0.3) is 11.0 Å². The molecule has 0 bridgehead atoms. The molecule has 0 aliphatic carbocycles. The van der Waals surface area contributed by atoms with Gasteiger partial charge in [-0.2, -0.15) is 0 Å². The lowest BCUT2D eigenvalue weighted by Gasteiger charge is -2.05. The van der Waals surface area contributed by atoms with Gasteiger partial charge in [0.2, 0.25) is 0 Å². The fraction of sp³-hybridized carbons (Fsp3) is 0.286. The first-order chi connectivity index (χ1) is 9.15. The predicted molar refractivity (Wildman–Crippen MR) is 71.7 cm³/mol. The standard InChI is InChI=1S/C14H15NO4/c1-3-15-13(16)11-7-9-5-6-10(18-4-2)8-12(9)19-14(11)17/h5-8H,3-4H2,1-2H3,(H,15,16). The van der Waals surface area contributed by atoms with Crippen LogP contribution in [0.3, 0.4) is 0 Å². The molecule has 0 aliphatic rings. The molecule has 0 fully saturated rings. The predicted octanol–water partition coefficient (Wildman–Crippen LogP) is 1.94. The monoisotopic (exact) mass is 261 g/mol. The highest BCUT2D eigenvalue weighted by Crippen LogP contribution is 2.20. The molecule has 1 N–H and O–H groups in total. The fourth-order valence-electron chi connectivity index (χ4n) is 1.76. The Morgan fingerprint density at radius 1 is 1.32 bits per heavy atom. The largest absolute Gasteiger partial charge is 0.494 e. The van der Waals surface area contributed by atoms with E-state index >= 15 is 0 Å². The van der Waals surface area contributed by atoms with E-state index in [9.17, 15) is 9.59 Å². The van der Waals surface area contributed by atoms with Gasteiger partial charge in [0.1, 0.15) is 16.9 Å². The summed E-state index contributed by atoms with van der Waals surface area (Å²) in [6.07, 6.45) is 0. The molecule has 0 aliphatic heterocycles. The van der Waals surface area contributed by atoms with E-state index in [1.165, 1.54) is 6.07 Å². The van der Waals surface area contributed by atoms with Crippen molar-refractivity contribution >= 4 is 16.9 Å². The Morgan fingerprint density at radius 3 is 2.79 bits per heavy atom. The molecule has 1 amide bonds.